The Labute approximate surface area is 85.6 Å². The summed E-state index contributed by atoms with van der Waals surface area (Å²) in [5.41, 5.74) is 0.910. The van der Waals surface area contributed by atoms with E-state index in [4.69, 9.17) is 23.2 Å². The minimum Gasteiger partial charge on any atom is -0.464 e. The first kappa shape index (κ1) is 10.3. The topological polar surface area (TPSA) is 39.2 Å². The fraction of sp³-hybridized carbons (Fsp3) is 0.250. The normalized spacial score (nSPS) is 9.77. The van der Waals surface area contributed by atoms with Crippen molar-refractivity contribution in [1.29, 1.82) is 0 Å². The zero-order valence-corrected chi connectivity index (χ0v) is 8.39. The highest BCUT2D eigenvalue weighted by Gasteiger charge is 2.09. The molecule has 0 bridgehead atoms. The number of hydrogen-bond acceptors (Lipinski definition) is 3. The van der Waals surface area contributed by atoms with Crippen molar-refractivity contribution < 1.29 is 9.53 Å². The number of carbonyl (C=O) groups excluding carboxylic acids is 1. The van der Waals surface area contributed by atoms with Gasteiger partial charge in [-0.2, -0.15) is 0 Å². The summed E-state index contributed by atoms with van der Waals surface area (Å²) in [6, 6.07) is 3.14. The van der Waals surface area contributed by atoms with E-state index in [1.54, 1.807) is 12.1 Å². The first-order valence-corrected chi connectivity index (χ1v) is 4.39. The fourth-order valence-electron chi connectivity index (χ4n) is 0.836. The molecule has 0 N–H and O–H groups in total. The molecule has 0 saturated heterocycles. The van der Waals surface area contributed by atoms with Gasteiger partial charge in [0.25, 0.3) is 0 Å². The number of carbonyl (C=O) groups is 1. The number of aromatic nitrogens is 1. The predicted molar refractivity (Wildman–Crippen MR) is 50.1 cm³/mol. The Hall–Kier alpha value is -0.800. The van der Waals surface area contributed by atoms with Crippen LogP contribution in [0.25, 0.3) is 0 Å². The van der Waals surface area contributed by atoms with Crippen LogP contribution >= 0.6 is 23.2 Å². The van der Waals surface area contributed by atoms with Crippen molar-refractivity contribution in [3.63, 3.8) is 0 Å². The largest absolute Gasteiger partial charge is 0.464 e. The lowest BCUT2D eigenvalue weighted by atomic mass is 10.2. The van der Waals surface area contributed by atoms with Crippen LogP contribution in [0.15, 0.2) is 12.1 Å². The molecule has 0 atom stereocenters. The van der Waals surface area contributed by atoms with Crippen LogP contribution in [-0.2, 0) is 10.6 Å². The number of pyridine rings is 1. The Bertz CT molecular complexity index is 328. The van der Waals surface area contributed by atoms with Gasteiger partial charge in [-0.15, -0.1) is 11.6 Å². The molecule has 0 radical (unpaired) electrons. The summed E-state index contributed by atoms with van der Waals surface area (Å²) in [4.78, 5) is 14.8. The van der Waals surface area contributed by atoms with Crippen LogP contribution in [0, 0.1) is 0 Å². The van der Waals surface area contributed by atoms with E-state index in [1.807, 2.05) is 0 Å². The van der Waals surface area contributed by atoms with Gasteiger partial charge < -0.3 is 4.74 Å². The molecule has 0 aliphatic rings. The molecule has 1 heterocycles. The lowest BCUT2D eigenvalue weighted by Crippen LogP contribution is -2.04. The maximum absolute atomic E-state index is 11.0. The molecular formula is C8H7Cl2NO2. The minimum atomic E-state index is -0.520. The predicted octanol–water partition coefficient (Wildman–Crippen LogP) is 2.26. The molecule has 0 fully saturated rings. The number of rotatable bonds is 2. The number of ether oxygens (including phenoxy) is 1. The van der Waals surface area contributed by atoms with Crippen molar-refractivity contribution in [2.75, 3.05) is 7.11 Å². The molecule has 3 nitrogen and oxygen atoms in total. The smallest absolute Gasteiger partial charge is 0.356 e. The molecule has 0 unspecified atom stereocenters. The van der Waals surface area contributed by atoms with E-state index < -0.39 is 5.97 Å². The third-order valence-electron chi connectivity index (χ3n) is 1.40. The number of alkyl halides is 1. The van der Waals surface area contributed by atoms with Crippen LogP contribution in [0.5, 0.6) is 0 Å². The second kappa shape index (κ2) is 4.44. The summed E-state index contributed by atoms with van der Waals surface area (Å²) in [6.45, 7) is 0. The second-order valence-electron chi connectivity index (χ2n) is 2.31. The molecule has 13 heavy (non-hydrogen) atoms. The summed E-state index contributed by atoms with van der Waals surface area (Å²) >= 11 is 11.2. The average molecular weight is 220 g/mol. The van der Waals surface area contributed by atoms with E-state index in [1.165, 1.54) is 7.11 Å². The molecule has 70 valence electrons. The molecular weight excluding hydrogens is 213 g/mol. The lowest BCUT2D eigenvalue weighted by Gasteiger charge is -2.01. The molecule has 0 spiro atoms. The Morgan fingerprint density at radius 2 is 2.31 bits per heavy atom. The van der Waals surface area contributed by atoms with Crippen molar-refractivity contribution in [2.45, 2.75) is 5.88 Å². The van der Waals surface area contributed by atoms with Crippen LogP contribution < -0.4 is 0 Å². The van der Waals surface area contributed by atoms with Crippen molar-refractivity contribution in [1.82, 2.24) is 4.98 Å². The first-order valence-electron chi connectivity index (χ1n) is 3.48. The van der Waals surface area contributed by atoms with Gasteiger partial charge in [0.15, 0.2) is 0 Å². The Kier molecular flexibility index (Phi) is 3.51. The van der Waals surface area contributed by atoms with Gasteiger partial charge in [0.05, 0.1) is 7.11 Å². The molecule has 0 aliphatic carbocycles. The number of methoxy groups -OCH3 is 1. The van der Waals surface area contributed by atoms with Crippen molar-refractivity contribution in [3.05, 3.63) is 28.5 Å². The summed E-state index contributed by atoms with van der Waals surface area (Å²) in [5, 5.41) is 0.235. The Morgan fingerprint density at radius 3 is 2.85 bits per heavy atom. The van der Waals surface area contributed by atoms with Crippen LogP contribution in [0.2, 0.25) is 5.15 Å². The zero-order valence-electron chi connectivity index (χ0n) is 6.88. The highest BCUT2D eigenvalue weighted by molar-refractivity contribution is 6.29. The number of halogens is 2. The molecule has 5 heteroatoms. The van der Waals surface area contributed by atoms with E-state index in [0.29, 0.717) is 0 Å². The van der Waals surface area contributed by atoms with E-state index in [9.17, 15) is 4.79 Å². The monoisotopic (exact) mass is 219 g/mol. The second-order valence-corrected chi connectivity index (χ2v) is 2.96. The van der Waals surface area contributed by atoms with Gasteiger partial charge in [-0.3, -0.25) is 0 Å². The highest BCUT2D eigenvalue weighted by atomic mass is 35.5. The minimum absolute atomic E-state index is 0.172. The van der Waals surface area contributed by atoms with Gasteiger partial charge in [-0.25, -0.2) is 9.78 Å². The molecule has 0 saturated carbocycles. The number of hydrogen-bond donors (Lipinski definition) is 0. The SMILES string of the molecule is COC(=O)c1cc(CCl)cc(Cl)n1. The van der Waals surface area contributed by atoms with Crippen molar-refractivity contribution in [3.8, 4) is 0 Å². The maximum Gasteiger partial charge on any atom is 0.356 e. The van der Waals surface area contributed by atoms with Crippen LogP contribution in [0.4, 0.5) is 0 Å². The van der Waals surface area contributed by atoms with E-state index in [0.717, 1.165) is 5.56 Å². The Morgan fingerprint density at radius 1 is 1.62 bits per heavy atom. The van der Waals surface area contributed by atoms with E-state index in [2.05, 4.69) is 9.72 Å². The summed E-state index contributed by atoms with van der Waals surface area (Å²) in [5.74, 6) is -0.236. The van der Waals surface area contributed by atoms with E-state index in [-0.39, 0.29) is 16.7 Å². The molecule has 0 aliphatic heterocycles. The van der Waals surface area contributed by atoms with Gasteiger partial charge in [-0.05, 0) is 17.7 Å². The summed E-state index contributed by atoms with van der Waals surface area (Å²) < 4.78 is 4.49. The van der Waals surface area contributed by atoms with Gasteiger partial charge in [0.2, 0.25) is 0 Å². The van der Waals surface area contributed by atoms with E-state index >= 15 is 0 Å². The quantitative estimate of drug-likeness (QED) is 0.436. The summed E-state index contributed by atoms with van der Waals surface area (Å²) in [7, 11) is 1.28. The third-order valence-corrected chi connectivity index (χ3v) is 1.90. The zero-order chi connectivity index (χ0) is 9.84. The van der Waals surface area contributed by atoms with Crippen molar-refractivity contribution in [2.24, 2.45) is 0 Å². The molecule has 1 aromatic rings. The number of nitrogens with zero attached hydrogens (tertiary/aromatic N) is 1. The lowest BCUT2D eigenvalue weighted by molar-refractivity contribution is 0.0594. The standard InChI is InChI=1S/C8H7Cl2NO2/c1-13-8(12)6-2-5(4-9)3-7(10)11-6/h2-3H,4H2,1H3. The fourth-order valence-corrected chi connectivity index (χ4v) is 1.22. The highest BCUT2D eigenvalue weighted by Crippen LogP contribution is 2.13. The third kappa shape index (κ3) is 2.57. The molecule has 0 amide bonds. The van der Waals surface area contributed by atoms with Crippen molar-refractivity contribution >= 4 is 29.2 Å². The van der Waals surface area contributed by atoms with Gasteiger partial charge in [0.1, 0.15) is 10.8 Å². The summed E-state index contributed by atoms with van der Waals surface area (Å²) in [6.07, 6.45) is 0. The van der Waals surface area contributed by atoms with Crippen LogP contribution in [0.1, 0.15) is 16.1 Å². The van der Waals surface area contributed by atoms with Gasteiger partial charge in [-0.1, -0.05) is 11.6 Å². The molecule has 1 rings (SSSR count). The van der Waals surface area contributed by atoms with Gasteiger partial charge >= 0.3 is 5.97 Å². The Balaban J connectivity index is 3.08. The van der Waals surface area contributed by atoms with Gasteiger partial charge in [0, 0.05) is 5.88 Å². The van der Waals surface area contributed by atoms with Crippen LogP contribution in [0.3, 0.4) is 0 Å². The molecule has 0 aromatic carbocycles. The number of esters is 1. The maximum atomic E-state index is 11.0. The first-order chi connectivity index (χ1) is 6.17. The van der Waals surface area contributed by atoms with Crippen LogP contribution in [-0.4, -0.2) is 18.1 Å². The molecule has 1 aromatic heterocycles. The average Bonchev–Trinajstić information content (AvgIpc) is 2.15.